The van der Waals surface area contributed by atoms with Crippen LogP contribution in [0.1, 0.15) is 34.1 Å². The van der Waals surface area contributed by atoms with Crippen molar-refractivity contribution in [2.24, 2.45) is 7.05 Å². The van der Waals surface area contributed by atoms with Crippen LogP contribution in [0.25, 0.3) is 0 Å². The Morgan fingerprint density at radius 1 is 1.18 bits per heavy atom. The molecule has 0 spiro atoms. The van der Waals surface area contributed by atoms with Gasteiger partial charge in [-0.2, -0.15) is 0 Å². The molecule has 2 rings (SSSR count). The molecule has 0 saturated heterocycles. The fraction of sp³-hybridized carbons (Fsp3) is 0.333. The third-order valence-corrected chi connectivity index (χ3v) is 3.97. The van der Waals surface area contributed by atoms with Crippen LogP contribution >= 0.6 is 0 Å². The first-order chi connectivity index (χ1) is 10.5. The lowest BCUT2D eigenvalue weighted by Crippen LogP contribution is -2.37. The van der Waals surface area contributed by atoms with Gasteiger partial charge in [-0.05, 0) is 38.0 Å². The standard InChI is InChI=1S/C18H22N2O2/c1-5-20(12-15-9-7-6-8-10-15)18(22)16-13(2)11-14(3)19(4)17(16)21/h6-11H,5,12H2,1-4H3. The van der Waals surface area contributed by atoms with Gasteiger partial charge in [0.25, 0.3) is 11.5 Å². The van der Waals surface area contributed by atoms with Gasteiger partial charge in [0, 0.05) is 25.8 Å². The highest BCUT2D eigenvalue weighted by Gasteiger charge is 2.21. The maximum absolute atomic E-state index is 12.8. The lowest BCUT2D eigenvalue weighted by Gasteiger charge is -2.22. The lowest BCUT2D eigenvalue weighted by molar-refractivity contribution is 0.0749. The van der Waals surface area contributed by atoms with Crippen LogP contribution in [0.15, 0.2) is 41.2 Å². The molecule has 0 saturated carbocycles. The number of benzene rings is 1. The summed E-state index contributed by atoms with van der Waals surface area (Å²) in [4.78, 5) is 26.9. The first-order valence-electron chi connectivity index (χ1n) is 7.46. The predicted octanol–water partition coefficient (Wildman–Crippen LogP) is 2.66. The van der Waals surface area contributed by atoms with Crippen molar-refractivity contribution >= 4 is 5.91 Å². The lowest BCUT2D eigenvalue weighted by atomic mass is 10.1. The van der Waals surface area contributed by atoms with Gasteiger partial charge in [0.05, 0.1) is 0 Å². The van der Waals surface area contributed by atoms with E-state index in [0.29, 0.717) is 13.1 Å². The molecule has 2 aromatic rings. The fourth-order valence-electron chi connectivity index (χ4n) is 2.53. The summed E-state index contributed by atoms with van der Waals surface area (Å²) in [5.41, 5.74) is 2.68. The molecule has 1 aromatic heterocycles. The molecular weight excluding hydrogens is 276 g/mol. The summed E-state index contributed by atoms with van der Waals surface area (Å²) >= 11 is 0. The molecule has 116 valence electrons. The van der Waals surface area contributed by atoms with Crippen molar-refractivity contribution in [2.45, 2.75) is 27.3 Å². The number of pyridine rings is 1. The minimum atomic E-state index is -0.228. The summed E-state index contributed by atoms with van der Waals surface area (Å²) in [5, 5.41) is 0. The molecule has 0 aliphatic carbocycles. The zero-order valence-corrected chi connectivity index (χ0v) is 13.6. The molecule has 0 bridgehead atoms. The Kier molecular flexibility index (Phi) is 4.81. The predicted molar refractivity (Wildman–Crippen MR) is 88.0 cm³/mol. The molecule has 0 fully saturated rings. The third kappa shape index (κ3) is 3.11. The van der Waals surface area contributed by atoms with Gasteiger partial charge in [0.15, 0.2) is 0 Å². The van der Waals surface area contributed by atoms with Gasteiger partial charge in [0.1, 0.15) is 5.56 Å². The summed E-state index contributed by atoms with van der Waals surface area (Å²) < 4.78 is 1.52. The number of aryl methyl sites for hydroxylation is 2. The van der Waals surface area contributed by atoms with Gasteiger partial charge >= 0.3 is 0 Å². The molecule has 4 nitrogen and oxygen atoms in total. The van der Waals surface area contributed by atoms with Crippen LogP contribution in [-0.4, -0.2) is 21.9 Å². The minimum absolute atomic E-state index is 0.204. The summed E-state index contributed by atoms with van der Waals surface area (Å²) in [6.45, 7) is 6.67. The first kappa shape index (κ1) is 16.0. The van der Waals surface area contributed by atoms with Crippen LogP contribution in [0.4, 0.5) is 0 Å². The van der Waals surface area contributed by atoms with Crippen molar-refractivity contribution in [3.05, 3.63) is 69.1 Å². The molecule has 1 heterocycles. The highest BCUT2D eigenvalue weighted by Crippen LogP contribution is 2.12. The molecule has 1 amide bonds. The van der Waals surface area contributed by atoms with Crippen molar-refractivity contribution in [1.29, 1.82) is 0 Å². The molecule has 0 unspecified atom stereocenters. The van der Waals surface area contributed by atoms with Crippen LogP contribution in [0, 0.1) is 13.8 Å². The van der Waals surface area contributed by atoms with E-state index in [2.05, 4.69) is 0 Å². The Labute approximate surface area is 131 Å². The second kappa shape index (κ2) is 6.60. The largest absolute Gasteiger partial charge is 0.334 e. The number of nitrogens with zero attached hydrogens (tertiary/aromatic N) is 2. The second-order valence-corrected chi connectivity index (χ2v) is 5.51. The highest BCUT2D eigenvalue weighted by atomic mass is 16.2. The molecule has 0 N–H and O–H groups in total. The molecule has 1 aromatic carbocycles. The first-order valence-corrected chi connectivity index (χ1v) is 7.46. The summed E-state index contributed by atoms with van der Waals surface area (Å²) in [7, 11) is 1.70. The SMILES string of the molecule is CCN(Cc1ccccc1)C(=O)c1c(C)cc(C)n(C)c1=O. The van der Waals surface area contributed by atoms with Crippen molar-refractivity contribution in [3.63, 3.8) is 0 Å². The van der Waals surface area contributed by atoms with Gasteiger partial charge in [0.2, 0.25) is 0 Å². The molecule has 0 atom stereocenters. The van der Waals surface area contributed by atoms with E-state index < -0.39 is 0 Å². The molecule has 22 heavy (non-hydrogen) atoms. The maximum atomic E-state index is 12.8. The monoisotopic (exact) mass is 298 g/mol. The van der Waals surface area contributed by atoms with Gasteiger partial charge < -0.3 is 9.47 Å². The Balaban J connectivity index is 2.38. The number of hydrogen-bond acceptors (Lipinski definition) is 2. The van der Waals surface area contributed by atoms with Crippen LogP contribution in [0.3, 0.4) is 0 Å². The summed E-state index contributed by atoms with van der Waals surface area (Å²) in [6, 6.07) is 11.7. The van der Waals surface area contributed by atoms with E-state index in [0.717, 1.165) is 16.8 Å². The Morgan fingerprint density at radius 2 is 1.82 bits per heavy atom. The van der Waals surface area contributed by atoms with Crippen LogP contribution in [0.5, 0.6) is 0 Å². The zero-order chi connectivity index (χ0) is 16.3. The smallest absolute Gasteiger partial charge is 0.263 e. The normalized spacial score (nSPS) is 10.5. The topological polar surface area (TPSA) is 42.3 Å². The van der Waals surface area contributed by atoms with Crippen molar-refractivity contribution in [1.82, 2.24) is 9.47 Å². The van der Waals surface area contributed by atoms with E-state index in [1.807, 2.05) is 57.2 Å². The fourth-order valence-corrected chi connectivity index (χ4v) is 2.53. The number of carbonyl (C=O) groups excluding carboxylic acids is 1. The van der Waals surface area contributed by atoms with E-state index in [9.17, 15) is 9.59 Å². The Hall–Kier alpha value is -2.36. The Morgan fingerprint density at radius 3 is 2.41 bits per heavy atom. The molecular formula is C18H22N2O2. The van der Waals surface area contributed by atoms with E-state index in [1.165, 1.54) is 4.57 Å². The van der Waals surface area contributed by atoms with Gasteiger partial charge in [-0.15, -0.1) is 0 Å². The molecule has 0 aliphatic rings. The molecule has 0 radical (unpaired) electrons. The quantitative estimate of drug-likeness (QED) is 0.871. The number of hydrogen-bond donors (Lipinski definition) is 0. The van der Waals surface area contributed by atoms with Gasteiger partial charge in [-0.25, -0.2) is 0 Å². The van der Waals surface area contributed by atoms with Crippen molar-refractivity contribution < 1.29 is 4.79 Å². The maximum Gasteiger partial charge on any atom is 0.263 e. The second-order valence-electron chi connectivity index (χ2n) is 5.51. The van der Waals surface area contributed by atoms with Crippen LogP contribution in [0.2, 0.25) is 0 Å². The van der Waals surface area contributed by atoms with E-state index in [4.69, 9.17) is 0 Å². The summed E-state index contributed by atoms with van der Waals surface area (Å²) in [6.07, 6.45) is 0. The summed E-state index contributed by atoms with van der Waals surface area (Å²) in [5.74, 6) is -0.204. The van der Waals surface area contributed by atoms with E-state index in [-0.39, 0.29) is 17.0 Å². The third-order valence-electron chi connectivity index (χ3n) is 3.97. The number of amides is 1. The molecule has 4 heteroatoms. The van der Waals surface area contributed by atoms with E-state index in [1.54, 1.807) is 11.9 Å². The van der Waals surface area contributed by atoms with Crippen molar-refractivity contribution in [3.8, 4) is 0 Å². The number of rotatable bonds is 4. The van der Waals surface area contributed by atoms with Crippen LogP contribution in [-0.2, 0) is 13.6 Å². The minimum Gasteiger partial charge on any atom is -0.334 e. The van der Waals surface area contributed by atoms with Gasteiger partial charge in [-0.1, -0.05) is 30.3 Å². The number of aromatic nitrogens is 1. The zero-order valence-electron chi connectivity index (χ0n) is 13.6. The highest BCUT2D eigenvalue weighted by molar-refractivity contribution is 5.95. The Bertz CT molecular complexity index is 733. The van der Waals surface area contributed by atoms with Gasteiger partial charge in [-0.3, -0.25) is 9.59 Å². The van der Waals surface area contributed by atoms with E-state index >= 15 is 0 Å². The number of carbonyl (C=O) groups is 1. The van der Waals surface area contributed by atoms with Crippen molar-refractivity contribution in [2.75, 3.05) is 6.54 Å². The average molecular weight is 298 g/mol. The van der Waals surface area contributed by atoms with Crippen LogP contribution < -0.4 is 5.56 Å². The molecule has 0 aliphatic heterocycles. The average Bonchev–Trinajstić information content (AvgIpc) is 2.51.